The minimum Gasteiger partial charge on any atom is -0.323 e. The van der Waals surface area contributed by atoms with E-state index in [4.69, 9.17) is 28.9 Å². The van der Waals surface area contributed by atoms with Crippen molar-refractivity contribution in [3.63, 3.8) is 0 Å². The van der Waals surface area contributed by atoms with Gasteiger partial charge in [0.05, 0.1) is 5.02 Å². The molecular formula is C14H15Cl2NS. The van der Waals surface area contributed by atoms with E-state index in [0.717, 1.165) is 31.6 Å². The summed E-state index contributed by atoms with van der Waals surface area (Å²) in [4.78, 5) is 1.03. The first-order valence-electron chi connectivity index (χ1n) is 5.73. The first-order valence-corrected chi connectivity index (χ1v) is 7.36. The van der Waals surface area contributed by atoms with E-state index in [2.05, 4.69) is 6.07 Å². The fourth-order valence-electron chi connectivity index (χ4n) is 1.85. The third-order valence-corrected chi connectivity index (χ3v) is 5.11. The Labute approximate surface area is 122 Å². The van der Waals surface area contributed by atoms with Gasteiger partial charge in [-0.05, 0) is 48.4 Å². The quantitative estimate of drug-likeness (QED) is 0.856. The van der Waals surface area contributed by atoms with Gasteiger partial charge in [0.1, 0.15) is 0 Å². The van der Waals surface area contributed by atoms with Crippen LogP contribution in [-0.2, 0) is 6.42 Å². The van der Waals surface area contributed by atoms with Crippen molar-refractivity contribution < 1.29 is 0 Å². The van der Waals surface area contributed by atoms with Crippen molar-refractivity contribution in [1.29, 1.82) is 0 Å². The molecule has 0 aliphatic rings. The first-order chi connectivity index (χ1) is 8.49. The van der Waals surface area contributed by atoms with Gasteiger partial charge in [-0.3, -0.25) is 0 Å². The molecule has 0 spiro atoms. The zero-order valence-corrected chi connectivity index (χ0v) is 12.7. The maximum Gasteiger partial charge on any atom is 0.0590 e. The second-order valence-corrected chi connectivity index (χ2v) is 6.20. The molecule has 18 heavy (non-hydrogen) atoms. The molecule has 1 aromatic carbocycles. The Morgan fingerprint density at radius 3 is 2.56 bits per heavy atom. The van der Waals surface area contributed by atoms with E-state index in [1.165, 1.54) is 0 Å². The predicted octanol–water partition coefficient (Wildman–Crippen LogP) is 4.91. The summed E-state index contributed by atoms with van der Waals surface area (Å²) in [6.07, 6.45) is 0.707. The van der Waals surface area contributed by atoms with Crippen LogP contribution in [0.2, 0.25) is 10.0 Å². The van der Waals surface area contributed by atoms with Crippen LogP contribution in [0, 0.1) is 13.8 Å². The molecule has 2 N–H and O–H groups in total. The minimum atomic E-state index is -0.101. The van der Waals surface area contributed by atoms with E-state index in [-0.39, 0.29) is 6.04 Å². The Morgan fingerprint density at radius 2 is 2.00 bits per heavy atom. The number of nitrogens with two attached hydrogens (primary N) is 1. The molecule has 4 heteroatoms. The summed E-state index contributed by atoms with van der Waals surface area (Å²) in [5.41, 5.74) is 9.52. The monoisotopic (exact) mass is 299 g/mol. The summed E-state index contributed by atoms with van der Waals surface area (Å²) in [6, 6.07) is 5.95. The van der Waals surface area contributed by atoms with E-state index in [0.29, 0.717) is 6.42 Å². The maximum absolute atomic E-state index is 6.23. The van der Waals surface area contributed by atoms with Crippen molar-refractivity contribution in [2.45, 2.75) is 26.3 Å². The number of hydrogen-bond donors (Lipinski definition) is 1. The van der Waals surface area contributed by atoms with Crippen molar-refractivity contribution >= 4 is 34.5 Å². The molecule has 0 saturated heterocycles. The topological polar surface area (TPSA) is 26.0 Å². The van der Waals surface area contributed by atoms with Crippen LogP contribution in [0.5, 0.6) is 0 Å². The Balaban J connectivity index is 2.21. The molecule has 0 bridgehead atoms. The number of aryl methyl sites for hydroxylation is 2. The van der Waals surface area contributed by atoms with Gasteiger partial charge < -0.3 is 5.73 Å². The van der Waals surface area contributed by atoms with Crippen LogP contribution >= 0.6 is 34.5 Å². The average molecular weight is 300 g/mol. The van der Waals surface area contributed by atoms with Crippen molar-refractivity contribution in [3.8, 4) is 0 Å². The fraction of sp³-hybridized carbons (Fsp3) is 0.286. The average Bonchev–Trinajstić information content (AvgIpc) is 2.64. The number of benzene rings is 1. The van der Waals surface area contributed by atoms with Gasteiger partial charge in [0.2, 0.25) is 0 Å². The van der Waals surface area contributed by atoms with Gasteiger partial charge in [-0.25, -0.2) is 0 Å². The SMILES string of the molecule is Cc1ccc(CC(N)c2scc(C)c2Cl)c(Cl)c1. The number of halogens is 2. The zero-order chi connectivity index (χ0) is 13.3. The summed E-state index contributed by atoms with van der Waals surface area (Å²) < 4.78 is 0. The lowest BCUT2D eigenvalue weighted by Crippen LogP contribution is -2.12. The zero-order valence-electron chi connectivity index (χ0n) is 10.3. The van der Waals surface area contributed by atoms with Gasteiger partial charge in [-0.15, -0.1) is 11.3 Å². The number of hydrogen-bond acceptors (Lipinski definition) is 2. The van der Waals surface area contributed by atoms with E-state index >= 15 is 0 Å². The third kappa shape index (κ3) is 2.89. The number of rotatable bonds is 3. The van der Waals surface area contributed by atoms with Gasteiger partial charge in [0, 0.05) is 15.9 Å². The largest absolute Gasteiger partial charge is 0.323 e. The summed E-state index contributed by atoms with van der Waals surface area (Å²) in [7, 11) is 0. The second kappa shape index (κ2) is 5.62. The highest BCUT2D eigenvalue weighted by Crippen LogP contribution is 2.33. The van der Waals surface area contributed by atoms with Crippen molar-refractivity contribution in [3.05, 3.63) is 55.2 Å². The van der Waals surface area contributed by atoms with Crippen molar-refractivity contribution in [1.82, 2.24) is 0 Å². The predicted molar refractivity (Wildman–Crippen MR) is 80.9 cm³/mol. The normalized spacial score (nSPS) is 12.7. The lowest BCUT2D eigenvalue weighted by molar-refractivity contribution is 0.736. The maximum atomic E-state index is 6.23. The van der Waals surface area contributed by atoms with Crippen LogP contribution < -0.4 is 5.73 Å². The third-order valence-electron chi connectivity index (χ3n) is 2.91. The van der Waals surface area contributed by atoms with Gasteiger partial charge in [0.25, 0.3) is 0 Å². The van der Waals surface area contributed by atoms with E-state index in [9.17, 15) is 0 Å². The molecule has 0 radical (unpaired) electrons. The van der Waals surface area contributed by atoms with Gasteiger partial charge in [0.15, 0.2) is 0 Å². The molecule has 0 aliphatic carbocycles. The van der Waals surface area contributed by atoms with Gasteiger partial charge in [-0.1, -0.05) is 35.3 Å². The summed E-state index contributed by atoms with van der Waals surface area (Å²) in [6.45, 7) is 4.02. The molecule has 1 nitrogen and oxygen atoms in total. The van der Waals surface area contributed by atoms with Crippen molar-refractivity contribution in [2.75, 3.05) is 0 Å². The molecule has 96 valence electrons. The molecule has 0 saturated carbocycles. The summed E-state index contributed by atoms with van der Waals surface area (Å²) in [5, 5.41) is 3.60. The molecule has 1 aromatic heterocycles. The molecule has 0 amide bonds. The minimum absolute atomic E-state index is 0.101. The summed E-state index contributed by atoms with van der Waals surface area (Å²) >= 11 is 14.1. The van der Waals surface area contributed by atoms with Crippen LogP contribution in [0.4, 0.5) is 0 Å². The summed E-state index contributed by atoms with van der Waals surface area (Å²) in [5.74, 6) is 0. The van der Waals surface area contributed by atoms with Gasteiger partial charge in [-0.2, -0.15) is 0 Å². The van der Waals surface area contributed by atoms with Crippen LogP contribution in [0.15, 0.2) is 23.6 Å². The Morgan fingerprint density at radius 1 is 1.28 bits per heavy atom. The van der Waals surface area contributed by atoms with Crippen LogP contribution in [-0.4, -0.2) is 0 Å². The smallest absolute Gasteiger partial charge is 0.0590 e. The van der Waals surface area contributed by atoms with Crippen molar-refractivity contribution in [2.24, 2.45) is 5.73 Å². The number of thiophene rings is 1. The molecule has 2 rings (SSSR count). The molecule has 0 aliphatic heterocycles. The first kappa shape index (κ1) is 13.9. The van der Waals surface area contributed by atoms with E-state index < -0.39 is 0 Å². The second-order valence-electron chi connectivity index (χ2n) is 4.50. The van der Waals surface area contributed by atoms with Gasteiger partial charge >= 0.3 is 0 Å². The Hall–Kier alpha value is -0.540. The molecule has 0 fully saturated rings. The van der Waals surface area contributed by atoms with E-state index in [1.807, 2.05) is 31.4 Å². The van der Waals surface area contributed by atoms with E-state index in [1.54, 1.807) is 11.3 Å². The Bertz CT molecular complexity index is 563. The molecule has 2 aromatic rings. The molecular weight excluding hydrogens is 285 g/mol. The Kier molecular flexibility index (Phi) is 4.33. The van der Waals surface area contributed by atoms with Crippen LogP contribution in [0.1, 0.15) is 27.6 Å². The van der Waals surface area contributed by atoms with Crippen LogP contribution in [0.3, 0.4) is 0 Å². The lowest BCUT2D eigenvalue weighted by Gasteiger charge is -2.12. The lowest BCUT2D eigenvalue weighted by atomic mass is 10.0. The highest BCUT2D eigenvalue weighted by molar-refractivity contribution is 7.10. The molecule has 1 atom stereocenters. The highest BCUT2D eigenvalue weighted by Gasteiger charge is 2.15. The highest BCUT2D eigenvalue weighted by atomic mass is 35.5. The molecule has 1 heterocycles. The van der Waals surface area contributed by atoms with Crippen LogP contribution in [0.25, 0.3) is 0 Å². The fourth-order valence-corrected chi connectivity index (χ4v) is 3.50. The standard InChI is InChI=1S/C14H15Cl2NS/c1-8-3-4-10(11(15)5-8)6-12(17)14-13(16)9(2)7-18-14/h3-5,7,12H,6,17H2,1-2H3. The molecule has 1 unspecified atom stereocenters.